The summed E-state index contributed by atoms with van der Waals surface area (Å²) < 4.78 is 0. The molecule has 0 aromatic heterocycles. The van der Waals surface area contributed by atoms with Crippen LogP contribution in [0.25, 0.3) is 0 Å². The summed E-state index contributed by atoms with van der Waals surface area (Å²) >= 11 is 0. The molecule has 0 spiro atoms. The maximum atomic E-state index is 12.4. The van der Waals surface area contributed by atoms with Gasteiger partial charge in [0.15, 0.2) is 0 Å². The molecule has 3 N–H and O–H groups in total. The van der Waals surface area contributed by atoms with E-state index in [2.05, 4.69) is 0 Å². The highest BCUT2D eigenvalue weighted by atomic mass is 16.4. The van der Waals surface area contributed by atoms with Gasteiger partial charge in [-0.1, -0.05) is 13.8 Å². The summed E-state index contributed by atoms with van der Waals surface area (Å²) in [4.78, 5) is 39.1. The van der Waals surface area contributed by atoms with Gasteiger partial charge in [0.1, 0.15) is 0 Å². The molecule has 2 amide bonds. The molecule has 1 fully saturated rings. The standard InChI is InChI=1S/C17H23N3O4/c1-11(12(2)17(23)24)15(21)19-7-9-20(10-8-19)16(22)13-3-5-14(18)6-4-13/h3-6,11-12H,7-10,18H2,1-2H3,(H,23,24). The van der Waals surface area contributed by atoms with Crippen molar-refractivity contribution in [2.75, 3.05) is 31.9 Å². The molecule has 1 heterocycles. The summed E-state index contributed by atoms with van der Waals surface area (Å²) in [6.45, 7) is 4.86. The molecule has 1 aromatic rings. The van der Waals surface area contributed by atoms with Gasteiger partial charge < -0.3 is 20.6 Å². The maximum Gasteiger partial charge on any atom is 0.307 e. The van der Waals surface area contributed by atoms with Crippen LogP contribution in [0.15, 0.2) is 24.3 Å². The zero-order valence-corrected chi connectivity index (χ0v) is 13.9. The van der Waals surface area contributed by atoms with Crippen molar-refractivity contribution in [1.29, 1.82) is 0 Å². The number of carboxylic acids is 1. The Morgan fingerprint density at radius 2 is 1.46 bits per heavy atom. The van der Waals surface area contributed by atoms with Gasteiger partial charge in [-0.3, -0.25) is 14.4 Å². The van der Waals surface area contributed by atoms with Crippen LogP contribution < -0.4 is 5.73 Å². The lowest BCUT2D eigenvalue weighted by molar-refractivity contribution is -0.149. The van der Waals surface area contributed by atoms with Gasteiger partial charge in [-0.15, -0.1) is 0 Å². The molecule has 7 heteroatoms. The summed E-state index contributed by atoms with van der Waals surface area (Å²) in [6.07, 6.45) is 0. The third-order valence-corrected chi connectivity index (χ3v) is 4.57. The average molecular weight is 333 g/mol. The minimum atomic E-state index is -0.979. The van der Waals surface area contributed by atoms with Crippen molar-refractivity contribution in [3.63, 3.8) is 0 Å². The second-order valence-corrected chi connectivity index (χ2v) is 6.16. The van der Waals surface area contributed by atoms with E-state index in [0.29, 0.717) is 37.4 Å². The number of anilines is 1. The molecular weight excluding hydrogens is 310 g/mol. The first-order valence-electron chi connectivity index (χ1n) is 7.97. The Morgan fingerprint density at radius 1 is 0.958 bits per heavy atom. The van der Waals surface area contributed by atoms with Gasteiger partial charge in [-0.2, -0.15) is 0 Å². The summed E-state index contributed by atoms with van der Waals surface area (Å²) in [7, 11) is 0. The number of nitrogens with zero attached hydrogens (tertiary/aromatic N) is 2. The van der Waals surface area contributed by atoms with Crippen LogP contribution >= 0.6 is 0 Å². The normalized spacial score (nSPS) is 17.2. The van der Waals surface area contributed by atoms with E-state index >= 15 is 0 Å². The van der Waals surface area contributed by atoms with Crippen LogP contribution in [0.2, 0.25) is 0 Å². The largest absolute Gasteiger partial charge is 0.481 e. The second-order valence-electron chi connectivity index (χ2n) is 6.16. The van der Waals surface area contributed by atoms with Gasteiger partial charge in [-0.05, 0) is 24.3 Å². The number of nitrogen functional groups attached to an aromatic ring is 1. The molecule has 1 aliphatic rings. The van der Waals surface area contributed by atoms with Crippen molar-refractivity contribution in [1.82, 2.24) is 9.80 Å². The van der Waals surface area contributed by atoms with Gasteiger partial charge in [0, 0.05) is 43.3 Å². The molecule has 24 heavy (non-hydrogen) atoms. The van der Waals surface area contributed by atoms with Crippen molar-refractivity contribution in [2.45, 2.75) is 13.8 Å². The predicted octanol–water partition coefficient (Wildman–Crippen LogP) is 0.910. The van der Waals surface area contributed by atoms with E-state index in [1.165, 1.54) is 6.92 Å². The molecule has 1 saturated heterocycles. The highest BCUT2D eigenvalue weighted by Crippen LogP contribution is 2.17. The fraction of sp³-hybridized carbons (Fsp3) is 0.471. The molecule has 2 atom stereocenters. The Morgan fingerprint density at radius 3 is 1.96 bits per heavy atom. The zero-order chi connectivity index (χ0) is 17.9. The van der Waals surface area contributed by atoms with Crippen molar-refractivity contribution in [3.8, 4) is 0 Å². The lowest BCUT2D eigenvalue weighted by atomic mass is 9.94. The minimum Gasteiger partial charge on any atom is -0.481 e. The number of hydrogen-bond donors (Lipinski definition) is 2. The van der Waals surface area contributed by atoms with Gasteiger partial charge >= 0.3 is 5.97 Å². The van der Waals surface area contributed by atoms with E-state index in [1.807, 2.05) is 0 Å². The van der Waals surface area contributed by atoms with E-state index in [1.54, 1.807) is 41.0 Å². The van der Waals surface area contributed by atoms with Gasteiger partial charge in [-0.25, -0.2) is 0 Å². The van der Waals surface area contributed by atoms with Gasteiger partial charge in [0.2, 0.25) is 5.91 Å². The first-order valence-corrected chi connectivity index (χ1v) is 7.97. The van der Waals surface area contributed by atoms with Crippen LogP contribution in [-0.4, -0.2) is 58.9 Å². The third-order valence-electron chi connectivity index (χ3n) is 4.57. The predicted molar refractivity (Wildman–Crippen MR) is 89.3 cm³/mol. The molecule has 0 saturated carbocycles. The molecule has 1 aromatic carbocycles. The highest BCUT2D eigenvalue weighted by molar-refractivity contribution is 5.94. The lowest BCUT2D eigenvalue weighted by Gasteiger charge is -2.36. The van der Waals surface area contributed by atoms with Crippen molar-refractivity contribution >= 4 is 23.5 Å². The van der Waals surface area contributed by atoms with Gasteiger partial charge in [0.05, 0.1) is 5.92 Å². The van der Waals surface area contributed by atoms with E-state index in [-0.39, 0.29) is 11.8 Å². The Bertz CT molecular complexity index is 621. The van der Waals surface area contributed by atoms with Crippen LogP contribution in [0.5, 0.6) is 0 Å². The molecule has 0 bridgehead atoms. The zero-order valence-electron chi connectivity index (χ0n) is 13.9. The molecular formula is C17H23N3O4. The van der Waals surface area contributed by atoms with Gasteiger partial charge in [0.25, 0.3) is 5.91 Å². The van der Waals surface area contributed by atoms with Crippen molar-refractivity contribution in [3.05, 3.63) is 29.8 Å². The summed E-state index contributed by atoms with van der Waals surface area (Å²) in [6, 6.07) is 6.74. The Hall–Kier alpha value is -2.57. The fourth-order valence-corrected chi connectivity index (χ4v) is 2.65. The fourth-order valence-electron chi connectivity index (χ4n) is 2.65. The Kier molecular flexibility index (Phi) is 5.43. The number of nitrogens with two attached hydrogens (primary N) is 1. The molecule has 7 nitrogen and oxygen atoms in total. The maximum absolute atomic E-state index is 12.4. The first kappa shape index (κ1) is 17.8. The molecule has 0 radical (unpaired) electrons. The second kappa shape index (κ2) is 7.33. The van der Waals surface area contributed by atoms with Crippen LogP contribution in [0.3, 0.4) is 0 Å². The minimum absolute atomic E-state index is 0.0888. The smallest absolute Gasteiger partial charge is 0.307 e. The van der Waals surface area contributed by atoms with E-state index in [4.69, 9.17) is 10.8 Å². The lowest BCUT2D eigenvalue weighted by Crippen LogP contribution is -2.52. The quantitative estimate of drug-likeness (QED) is 0.797. The van der Waals surface area contributed by atoms with E-state index in [0.717, 1.165) is 0 Å². The summed E-state index contributed by atoms with van der Waals surface area (Å²) in [5.41, 5.74) is 6.79. The van der Waals surface area contributed by atoms with E-state index < -0.39 is 17.8 Å². The number of piperazine rings is 1. The number of amides is 2. The molecule has 0 aliphatic carbocycles. The number of rotatable bonds is 4. The average Bonchev–Trinajstić information content (AvgIpc) is 2.60. The summed E-state index contributed by atoms with van der Waals surface area (Å²) in [5.74, 6) is -2.56. The number of carbonyl (C=O) groups excluding carboxylic acids is 2. The number of carboxylic acid groups (broad SMARTS) is 1. The molecule has 1 aliphatic heterocycles. The Labute approximate surface area is 141 Å². The topological polar surface area (TPSA) is 104 Å². The van der Waals surface area contributed by atoms with Crippen molar-refractivity contribution < 1.29 is 19.5 Å². The number of benzene rings is 1. The summed E-state index contributed by atoms with van der Waals surface area (Å²) in [5, 5.41) is 9.03. The highest BCUT2D eigenvalue weighted by Gasteiger charge is 2.32. The SMILES string of the molecule is CC(C(=O)O)C(C)C(=O)N1CCN(C(=O)c2ccc(N)cc2)CC1. The molecule has 2 rings (SSSR count). The molecule has 130 valence electrons. The number of carbonyl (C=O) groups is 3. The van der Waals surface area contributed by atoms with Crippen LogP contribution in [-0.2, 0) is 9.59 Å². The third kappa shape index (κ3) is 3.84. The van der Waals surface area contributed by atoms with Crippen LogP contribution in [0.4, 0.5) is 5.69 Å². The first-order chi connectivity index (χ1) is 11.3. The monoisotopic (exact) mass is 333 g/mol. The van der Waals surface area contributed by atoms with Crippen molar-refractivity contribution in [2.24, 2.45) is 11.8 Å². The van der Waals surface area contributed by atoms with Crippen LogP contribution in [0.1, 0.15) is 24.2 Å². The van der Waals surface area contributed by atoms with E-state index in [9.17, 15) is 14.4 Å². The Balaban J connectivity index is 1.93. The van der Waals surface area contributed by atoms with Crippen LogP contribution in [0, 0.1) is 11.8 Å². The number of hydrogen-bond acceptors (Lipinski definition) is 4. The molecule has 2 unspecified atom stereocenters. The number of aliphatic carboxylic acids is 1.